The second-order valence-electron chi connectivity index (χ2n) is 4.00. The van der Waals surface area contributed by atoms with Gasteiger partial charge in [0, 0.05) is 5.02 Å². The summed E-state index contributed by atoms with van der Waals surface area (Å²) in [5.74, 6) is 0.541. The van der Waals surface area contributed by atoms with Crippen LogP contribution >= 0.6 is 11.6 Å². The van der Waals surface area contributed by atoms with Crippen molar-refractivity contribution in [2.45, 2.75) is 37.8 Å². The van der Waals surface area contributed by atoms with Gasteiger partial charge in [0.2, 0.25) is 0 Å². The molecule has 0 radical (unpaired) electrons. The van der Waals surface area contributed by atoms with E-state index in [1.807, 2.05) is 12.1 Å². The van der Waals surface area contributed by atoms with Gasteiger partial charge >= 0.3 is 0 Å². The Morgan fingerprint density at radius 3 is 2.14 bits per heavy atom. The number of hydrogen-bond donors (Lipinski definition) is 0. The van der Waals surface area contributed by atoms with Crippen molar-refractivity contribution in [2.75, 3.05) is 0 Å². The Labute approximate surface area is 89.1 Å². The van der Waals surface area contributed by atoms with E-state index in [-0.39, 0.29) is 0 Å². The predicted molar refractivity (Wildman–Crippen MR) is 57.6 cm³/mol. The van der Waals surface area contributed by atoms with Crippen LogP contribution in [-0.4, -0.2) is 6.17 Å². The largest absolute Gasteiger partial charge is 0.247 e. The molecule has 0 unspecified atom stereocenters. The van der Waals surface area contributed by atoms with Gasteiger partial charge in [0.1, 0.15) is 6.17 Å². The lowest BCUT2D eigenvalue weighted by Crippen LogP contribution is -2.13. The Morgan fingerprint density at radius 2 is 1.57 bits per heavy atom. The summed E-state index contributed by atoms with van der Waals surface area (Å²) in [5.41, 5.74) is 1.31. The first-order chi connectivity index (χ1) is 6.75. The summed E-state index contributed by atoms with van der Waals surface area (Å²) in [6.07, 6.45) is 2.81. The first kappa shape index (κ1) is 9.97. The second-order valence-corrected chi connectivity index (χ2v) is 4.44. The van der Waals surface area contributed by atoms with Crippen molar-refractivity contribution in [1.82, 2.24) is 0 Å². The molecule has 0 nitrogen and oxygen atoms in total. The second kappa shape index (κ2) is 4.31. The molecule has 1 aromatic rings. The van der Waals surface area contributed by atoms with Gasteiger partial charge in [-0.25, -0.2) is 4.39 Å². The van der Waals surface area contributed by atoms with Crippen LogP contribution in [0.15, 0.2) is 24.3 Å². The molecule has 1 aliphatic rings. The normalized spacial score (nSPS) is 27.6. The Morgan fingerprint density at radius 1 is 1.00 bits per heavy atom. The van der Waals surface area contributed by atoms with Crippen molar-refractivity contribution in [2.24, 2.45) is 0 Å². The van der Waals surface area contributed by atoms with E-state index in [1.165, 1.54) is 5.56 Å². The third kappa shape index (κ3) is 2.27. The molecule has 0 spiro atoms. The highest BCUT2D eigenvalue weighted by molar-refractivity contribution is 6.30. The topological polar surface area (TPSA) is 0 Å². The first-order valence-corrected chi connectivity index (χ1v) is 5.53. The zero-order valence-electron chi connectivity index (χ0n) is 8.05. The molecule has 0 N–H and O–H groups in total. The molecule has 2 heteroatoms. The molecule has 1 fully saturated rings. The van der Waals surface area contributed by atoms with Gasteiger partial charge in [-0.05, 0) is 49.3 Å². The Balaban J connectivity index is 2.05. The first-order valence-electron chi connectivity index (χ1n) is 5.15. The Bertz CT molecular complexity index is 286. The average Bonchev–Trinajstić information content (AvgIpc) is 2.21. The molecule has 1 saturated carbocycles. The third-order valence-corrected chi connectivity index (χ3v) is 3.25. The molecule has 14 heavy (non-hydrogen) atoms. The fourth-order valence-corrected chi connectivity index (χ4v) is 2.25. The maximum absolute atomic E-state index is 12.9. The van der Waals surface area contributed by atoms with Crippen LogP contribution in [0.5, 0.6) is 0 Å². The van der Waals surface area contributed by atoms with E-state index in [0.717, 1.165) is 17.9 Å². The third-order valence-electron chi connectivity index (χ3n) is 3.00. The minimum Gasteiger partial charge on any atom is -0.247 e. The molecular formula is C12H14ClF. The number of halogens is 2. The number of rotatable bonds is 1. The minimum absolute atomic E-state index is 0.541. The SMILES string of the molecule is FC1CCC(c2ccc(Cl)cc2)CC1. The number of hydrogen-bond acceptors (Lipinski definition) is 0. The molecule has 0 aliphatic heterocycles. The van der Waals surface area contributed by atoms with Crippen LogP contribution in [0.3, 0.4) is 0 Å². The van der Waals surface area contributed by atoms with Crippen molar-refractivity contribution in [3.63, 3.8) is 0 Å². The highest BCUT2D eigenvalue weighted by Gasteiger charge is 2.21. The van der Waals surface area contributed by atoms with Gasteiger partial charge in [0.05, 0.1) is 0 Å². The van der Waals surface area contributed by atoms with Crippen molar-refractivity contribution >= 4 is 11.6 Å². The molecule has 0 atom stereocenters. The molecule has 1 aromatic carbocycles. The van der Waals surface area contributed by atoms with E-state index in [1.54, 1.807) is 0 Å². The lowest BCUT2D eigenvalue weighted by Gasteiger charge is -2.24. The molecule has 1 aliphatic carbocycles. The van der Waals surface area contributed by atoms with Crippen LogP contribution in [0.25, 0.3) is 0 Å². The Hall–Kier alpha value is -0.560. The van der Waals surface area contributed by atoms with Crippen LogP contribution in [0.4, 0.5) is 4.39 Å². The van der Waals surface area contributed by atoms with Crippen LogP contribution in [0.1, 0.15) is 37.2 Å². The molecular weight excluding hydrogens is 199 g/mol. The van der Waals surface area contributed by atoms with Crippen molar-refractivity contribution < 1.29 is 4.39 Å². The van der Waals surface area contributed by atoms with Crippen LogP contribution in [0, 0.1) is 0 Å². The summed E-state index contributed by atoms with van der Waals surface area (Å²) in [5, 5.41) is 0.771. The van der Waals surface area contributed by atoms with Crippen molar-refractivity contribution in [3.8, 4) is 0 Å². The van der Waals surface area contributed by atoms with E-state index in [0.29, 0.717) is 18.8 Å². The quantitative estimate of drug-likeness (QED) is 0.650. The van der Waals surface area contributed by atoms with Gasteiger partial charge < -0.3 is 0 Å². The highest BCUT2D eigenvalue weighted by atomic mass is 35.5. The summed E-state index contributed by atoms with van der Waals surface area (Å²) in [6.45, 7) is 0. The minimum atomic E-state index is -0.571. The maximum atomic E-state index is 12.9. The molecule has 0 aromatic heterocycles. The maximum Gasteiger partial charge on any atom is 0.100 e. The van der Waals surface area contributed by atoms with E-state index >= 15 is 0 Å². The van der Waals surface area contributed by atoms with Crippen LogP contribution in [-0.2, 0) is 0 Å². The lowest BCUT2D eigenvalue weighted by molar-refractivity contribution is 0.235. The summed E-state index contributed by atoms with van der Waals surface area (Å²) in [6, 6.07) is 7.95. The summed E-state index contributed by atoms with van der Waals surface area (Å²) in [4.78, 5) is 0. The summed E-state index contributed by atoms with van der Waals surface area (Å²) in [7, 11) is 0. The standard InChI is InChI=1S/C12H14ClF/c13-11-5-1-9(2-6-11)10-3-7-12(14)8-4-10/h1-2,5-6,10,12H,3-4,7-8H2. The van der Waals surface area contributed by atoms with Crippen LogP contribution < -0.4 is 0 Å². The molecule has 0 bridgehead atoms. The van der Waals surface area contributed by atoms with Gasteiger partial charge in [-0.15, -0.1) is 0 Å². The van der Waals surface area contributed by atoms with Gasteiger partial charge in [-0.2, -0.15) is 0 Å². The van der Waals surface area contributed by atoms with E-state index < -0.39 is 6.17 Å². The number of benzene rings is 1. The Kier molecular flexibility index (Phi) is 3.07. The van der Waals surface area contributed by atoms with Crippen molar-refractivity contribution in [3.05, 3.63) is 34.9 Å². The van der Waals surface area contributed by atoms with Gasteiger partial charge in [0.25, 0.3) is 0 Å². The van der Waals surface area contributed by atoms with Gasteiger partial charge in [-0.1, -0.05) is 23.7 Å². The van der Waals surface area contributed by atoms with Crippen LogP contribution in [0.2, 0.25) is 5.02 Å². The zero-order chi connectivity index (χ0) is 9.97. The van der Waals surface area contributed by atoms with Gasteiger partial charge in [0.15, 0.2) is 0 Å². The van der Waals surface area contributed by atoms with Crippen molar-refractivity contribution in [1.29, 1.82) is 0 Å². The lowest BCUT2D eigenvalue weighted by atomic mass is 9.83. The van der Waals surface area contributed by atoms with E-state index in [9.17, 15) is 4.39 Å². The van der Waals surface area contributed by atoms with E-state index in [4.69, 9.17) is 11.6 Å². The average molecular weight is 213 g/mol. The molecule has 0 heterocycles. The molecule has 76 valence electrons. The zero-order valence-corrected chi connectivity index (χ0v) is 8.80. The smallest absolute Gasteiger partial charge is 0.100 e. The van der Waals surface area contributed by atoms with E-state index in [2.05, 4.69) is 12.1 Å². The summed E-state index contributed by atoms with van der Waals surface area (Å²) >= 11 is 5.81. The molecule has 2 rings (SSSR count). The van der Waals surface area contributed by atoms with Gasteiger partial charge in [-0.3, -0.25) is 0 Å². The monoisotopic (exact) mass is 212 g/mol. The summed E-state index contributed by atoms with van der Waals surface area (Å²) < 4.78 is 12.9. The number of alkyl halides is 1. The fraction of sp³-hybridized carbons (Fsp3) is 0.500. The fourth-order valence-electron chi connectivity index (χ4n) is 2.12. The predicted octanol–water partition coefficient (Wildman–Crippen LogP) is 4.34. The molecule has 0 saturated heterocycles. The molecule has 0 amide bonds. The highest BCUT2D eigenvalue weighted by Crippen LogP contribution is 2.34.